The molecule has 45 heavy (non-hydrogen) atoms. The van der Waals surface area contributed by atoms with E-state index in [1.807, 2.05) is 60.7 Å². The van der Waals surface area contributed by atoms with Crippen molar-refractivity contribution in [3.05, 3.63) is 118 Å². The largest absolute Gasteiger partial charge is 0.780 e. The average Bonchev–Trinajstić information content (AvgIpc) is 2.97. The minimum Gasteiger partial charge on any atom is -0.780 e. The molecule has 0 aliphatic heterocycles. The molecule has 0 saturated carbocycles. The fraction of sp³-hybridized carbons (Fsp3) is 0.429. The Hall–Kier alpha value is -1.76. The van der Waals surface area contributed by atoms with Crippen LogP contribution in [0.25, 0.3) is 0 Å². The number of hydrogen-bond acceptors (Lipinski definition) is 2. The molecule has 0 fully saturated rings. The normalized spacial score (nSPS) is 11.1. The van der Waals surface area contributed by atoms with Gasteiger partial charge in [0.25, 0.3) is 0 Å². The summed E-state index contributed by atoms with van der Waals surface area (Å²) in [4.78, 5) is 1.81. The van der Waals surface area contributed by atoms with Gasteiger partial charge in [0.15, 0.2) is 0 Å². The van der Waals surface area contributed by atoms with E-state index in [4.69, 9.17) is 25.3 Å². The second kappa shape index (κ2) is 19.2. The molecule has 0 amide bonds. The van der Waals surface area contributed by atoms with E-state index in [-0.39, 0.29) is 0 Å². The Labute approximate surface area is 300 Å². The van der Waals surface area contributed by atoms with Crippen LogP contribution in [-0.2, 0) is 25.3 Å². The summed E-state index contributed by atoms with van der Waals surface area (Å²) >= 11 is 8.36. The molecule has 0 N–H and O–H groups in total. The first-order chi connectivity index (χ1) is 21.1. The second-order valence-corrected chi connectivity index (χ2v) is 19.6. The summed E-state index contributed by atoms with van der Waals surface area (Å²) in [5.74, 6) is 3.50. The summed E-state index contributed by atoms with van der Waals surface area (Å²) < 4.78 is 3.55. The summed E-state index contributed by atoms with van der Waals surface area (Å²) in [6, 6.07) is 29.4. The molecule has 4 aromatic rings. The van der Waals surface area contributed by atoms with Gasteiger partial charge >= 0.3 is 207 Å². The standard InChI is InChI=1S/2C15H23.2C6H6S.Pb/c2*1-10(2)13-7-14(11(3)4)9-15(8-13)12(5)6;2*7-6-4-2-1-3-5-6;/h2*7-8,10-12H,1-6H3;2*1-5,7H;/q;;;;+2/p-2. The van der Waals surface area contributed by atoms with E-state index in [2.05, 4.69) is 107 Å². The zero-order chi connectivity index (χ0) is 33.8. The predicted molar refractivity (Wildman–Crippen MR) is 207 cm³/mol. The van der Waals surface area contributed by atoms with E-state index in [1.54, 1.807) is 28.5 Å². The van der Waals surface area contributed by atoms with Gasteiger partial charge < -0.3 is 25.3 Å². The van der Waals surface area contributed by atoms with Crippen molar-refractivity contribution < 1.29 is 0 Å². The van der Waals surface area contributed by atoms with Gasteiger partial charge in [-0.2, -0.15) is 9.79 Å². The molecule has 0 aliphatic carbocycles. The van der Waals surface area contributed by atoms with Gasteiger partial charge in [0.2, 0.25) is 0 Å². The van der Waals surface area contributed by atoms with Gasteiger partial charge in [-0.05, 0) is 0 Å². The Balaban J connectivity index is 0.000000407. The van der Waals surface area contributed by atoms with Crippen molar-refractivity contribution in [1.82, 2.24) is 0 Å². The zero-order valence-electron chi connectivity index (χ0n) is 29.9. The molecule has 0 unspecified atom stereocenters. The number of hydrogen-bond donors (Lipinski definition) is 0. The van der Waals surface area contributed by atoms with E-state index in [1.165, 1.54) is 11.1 Å². The monoisotopic (exact) mass is 832 g/mol. The van der Waals surface area contributed by atoms with Gasteiger partial charge in [0.05, 0.1) is 0 Å². The second-order valence-electron chi connectivity index (χ2n) is 13.8. The number of rotatable bonds is 8. The van der Waals surface area contributed by atoms with Crippen LogP contribution in [0, 0.1) is 0 Å². The Bertz CT molecular complexity index is 1270. The van der Waals surface area contributed by atoms with Gasteiger partial charge in [-0.15, -0.1) is 0 Å². The molecule has 0 aliphatic rings. The van der Waals surface area contributed by atoms with Gasteiger partial charge in [0, 0.05) is 0 Å². The number of benzene rings is 4. The average molecular weight is 832 g/mol. The van der Waals surface area contributed by atoms with E-state index in [0.717, 1.165) is 9.79 Å². The molecule has 4 aromatic carbocycles. The molecular weight excluding hydrogens is 776 g/mol. The first-order valence-electron chi connectivity index (χ1n) is 16.7. The minimum absolute atomic E-state index is 0.582. The zero-order valence-corrected chi connectivity index (χ0v) is 35.4. The molecule has 0 aromatic heterocycles. The van der Waals surface area contributed by atoms with E-state index in [0.29, 0.717) is 35.5 Å². The van der Waals surface area contributed by atoms with Crippen LogP contribution in [0.5, 0.6) is 0 Å². The van der Waals surface area contributed by atoms with Gasteiger partial charge in [-0.3, -0.25) is 0 Å². The van der Waals surface area contributed by atoms with Crippen molar-refractivity contribution in [3.63, 3.8) is 0 Å². The van der Waals surface area contributed by atoms with Crippen LogP contribution in [0.3, 0.4) is 0 Å². The summed E-state index contributed by atoms with van der Waals surface area (Å²) in [5, 5.41) is 0. The van der Waals surface area contributed by atoms with E-state index >= 15 is 0 Å². The molecular formula is C42H56PbS2. The summed E-state index contributed by atoms with van der Waals surface area (Å²) in [6.45, 7) is 28.5. The Morgan fingerprint density at radius 2 is 0.622 bits per heavy atom. The molecule has 0 spiro atoms. The van der Waals surface area contributed by atoms with Gasteiger partial charge in [-0.25, -0.2) is 0 Å². The maximum Gasteiger partial charge on any atom is -0.0624 e. The fourth-order valence-corrected chi connectivity index (χ4v) is 14.3. The molecule has 0 saturated heterocycles. The minimum atomic E-state index is -1.26. The maximum absolute atomic E-state index is 4.81. The van der Waals surface area contributed by atoms with Crippen molar-refractivity contribution in [2.24, 2.45) is 0 Å². The van der Waals surface area contributed by atoms with Crippen molar-refractivity contribution >= 4 is 55.7 Å². The third-order valence-corrected chi connectivity index (χ3v) is 15.0. The van der Waals surface area contributed by atoms with E-state index < -0.39 is 24.2 Å². The molecule has 0 radical (unpaired) electrons. The Morgan fingerprint density at radius 3 is 0.778 bits per heavy atom. The van der Waals surface area contributed by atoms with Crippen LogP contribution in [0.15, 0.2) is 94.7 Å². The summed E-state index contributed by atoms with van der Waals surface area (Å²) in [6.07, 6.45) is 0. The van der Waals surface area contributed by atoms with Crippen LogP contribution < -0.4 is 6.25 Å². The topological polar surface area (TPSA) is 0 Å². The molecule has 0 atom stereocenters. The molecule has 3 heteroatoms. The maximum atomic E-state index is 4.81. The molecule has 4 rings (SSSR count). The van der Waals surface area contributed by atoms with Crippen molar-refractivity contribution in [1.29, 1.82) is 0 Å². The predicted octanol–water partition coefficient (Wildman–Crippen LogP) is 11.3. The quantitative estimate of drug-likeness (QED) is 0.128. The van der Waals surface area contributed by atoms with Crippen LogP contribution in [0.1, 0.15) is 152 Å². The first kappa shape index (κ1) is 39.4. The smallest absolute Gasteiger partial charge is 0.0624 e. The van der Waals surface area contributed by atoms with Crippen molar-refractivity contribution in [2.45, 2.75) is 128 Å². The van der Waals surface area contributed by atoms with Crippen LogP contribution in [0.4, 0.5) is 0 Å². The van der Waals surface area contributed by atoms with Gasteiger partial charge in [0.1, 0.15) is 0 Å². The molecule has 0 bridgehead atoms. The van der Waals surface area contributed by atoms with Crippen molar-refractivity contribution in [3.8, 4) is 0 Å². The van der Waals surface area contributed by atoms with E-state index in [9.17, 15) is 0 Å². The SMILES string of the molecule is CC(C)c1cc(C(C)C)[c]([Pb+2][c]2c(C(C)C)cc(C(C)C)cc2C(C)C)c(C(C)C)c1.[S-]c1ccccc1.[S-]c1ccccc1. The van der Waals surface area contributed by atoms with Crippen LogP contribution in [0.2, 0.25) is 0 Å². The van der Waals surface area contributed by atoms with Gasteiger partial charge in [-0.1, -0.05) is 60.7 Å². The summed E-state index contributed by atoms with van der Waals surface area (Å²) in [7, 11) is 0. The third-order valence-electron chi connectivity index (χ3n) is 8.00. The van der Waals surface area contributed by atoms with Crippen molar-refractivity contribution in [2.75, 3.05) is 0 Å². The molecule has 240 valence electrons. The molecule has 0 nitrogen and oxygen atoms in total. The van der Waals surface area contributed by atoms with Crippen LogP contribution >= 0.6 is 0 Å². The third kappa shape index (κ3) is 12.4. The summed E-state index contributed by atoms with van der Waals surface area (Å²) in [5.41, 5.74) is 9.57. The molecule has 0 heterocycles. The van der Waals surface area contributed by atoms with Crippen LogP contribution in [-0.4, -0.2) is 24.2 Å². The first-order valence-corrected chi connectivity index (χ1v) is 21.4. The Kier molecular flexibility index (Phi) is 16.8. The fourth-order valence-electron chi connectivity index (χ4n) is 5.17. The Morgan fingerprint density at radius 1 is 0.378 bits per heavy atom.